The average Bonchev–Trinajstić information content (AvgIpc) is 3.16. The van der Waals surface area contributed by atoms with Crippen molar-refractivity contribution in [1.29, 1.82) is 0 Å². The van der Waals surface area contributed by atoms with Crippen LogP contribution in [0, 0.1) is 0 Å². The van der Waals surface area contributed by atoms with Crippen LogP contribution in [0.5, 0.6) is 0 Å². The topological polar surface area (TPSA) is 45.7 Å². The summed E-state index contributed by atoms with van der Waals surface area (Å²) in [7, 11) is 2.05. The Balaban J connectivity index is 1.85. The normalized spacial score (nSPS) is 11.3. The van der Waals surface area contributed by atoms with Gasteiger partial charge >= 0.3 is 0 Å². The summed E-state index contributed by atoms with van der Waals surface area (Å²) in [4.78, 5) is 7.93. The highest BCUT2D eigenvalue weighted by Gasteiger charge is 2.17. The van der Waals surface area contributed by atoms with Gasteiger partial charge in [-0.15, -0.1) is 11.3 Å². The third-order valence-corrected chi connectivity index (χ3v) is 4.15. The summed E-state index contributed by atoms with van der Waals surface area (Å²) in [6.45, 7) is 4.73. The lowest BCUT2D eigenvalue weighted by atomic mass is 10.3. The highest BCUT2D eigenvalue weighted by Crippen LogP contribution is 2.25. The van der Waals surface area contributed by atoms with Crippen molar-refractivity contribution in [1.82, 2.24) is 14.7 Å². The lowest BCUT2D eigenvalue weighted by molar-refractivity contribution is 0.506. The lowest BCUT2D eigenvalue weighted by Gasteiger charge is -2.17. The standard InChI is InChI=1S/C15H20N4OS/c1-3-6-16-10-13-14(17-15-19(13)7-9-21-15)18(2)11-12-5-4-8-20-12/h4-5,7-9,16H,3,6,10-11H2,1-2H3. The molecule has 0 radical (unpaired) electrons. The number of hydrogen-bond acceptors (Lipinski definition) is 5. The molecular formula is C15H20N4OS. The maximum atomic E-state index is 5.43. The number of anilines is 1. The van der Waals surface area contributed by atoms with Crippen LogP contribution in [-0.2, 0) is 13.1 Å². The summed E-state index contributed by atoms with van der Waals surface area (Å²) in [5.41, 5.74) is 1.20. The molecule has 0 fully saturated rings. The Morgan fingerprint density at radius 3 is 3.14 bits per heavy atom. The summed E-state index contributed by atoms with van der Waals surface area (Å²) >= 11 is 1.66. The van der Waals surface area contributed by atoms with E-state index in [4.69, 9.17) is 9.40 Å². The first-order chi connectivity index (χ1) is 10.3. The van der Waals surface area contributed by atoms with E-state index in [1.807, 2.05) is 12.1 Å². The number of fused-ring (bicyclic) bond motifs is 1. The van der Waals surface area contributed by atoms with Crippen LogP contribution in [0.15, 0.2) is 34.4 Å². The first-order valence-corrected chi connectivity index (χ1v) is 8.06. The van der Waals surface area contributed by atoms with E-state index in [1.54, 1.807) is 17.6 Å². The molecule has 1 N–H and O–H groups in total. The van der Waals surface area contributed by atoms with Crippen LogP contribution in [0.3, 0.4) is 0 Å². The third kappa shape index (κ3) is 2.96. The van der Waals surface area contributed by atoms with Gasteiger partial charge in [0, 0.05) is 25.2 Å². The maximum absolute atomic E-state index is 5.43. The minimum atomic E-state index is 0.721. The summed E-state index contributed by atoms with van der Waals surface area (Å²) in [6, 6.07) is 3.91. The zero-order valence-corrected chi connectivity index (χ0v) is 13.2. The zero-order valence-electron chi connectivity index (χ0n) is 12.4. The van der Waals surface area contributed by atoms with Crippen molar-refractivity contribution in [3.63, 3.8) is 0 Å². The molecule has 6 heteroatoms. The first-order valence-electron chi connectivity index (χ1n) is 7.18. The van der Waals surface area contributed by atoms with Gasteiger partial charge in [-0.25, -0.2) is 4.98 Å². The van der Waals surface area contributed by atoms with Crippen LogP contribution in [-0.4, -0.2) is 23.0 Å². The molecule has 0 spiro atoms. The second-order valence-corrected chi connectivity index (χ2v) is 5.92. The minimum absolute atomic E-state index is 0.721. The van der Waals surface area contributed by atoms with E-state index in [1.165, 1.54) is 5.69 Å². The molecule has 0 atom stereocenters. The van der Waals surface area contributed by atoms with Crippen LogP contribution in [0.1, 0.15) is 24.8 Å². The molecule has 0 bridgehead atoms. The quantitative estimate of drug-likeness (QED) is 0.681. The molecule has 3 aromatic heterocycles. The van der Waals surface area contributed by atoms with Gasteiger partial charge in [0.1, 0.15) is 5.76 Å². The molecule has 3 heterocycles. The van der Waals surface area contributed by atoms with E-state index in [0.29, 0.717) is 0 Å². The number of nitrogens with zero attached hydrogens (tertiary/aromatic N) is 3. The molecule has 0 unspecified atom stereocenters. The molecule has 0 saturated carbocycles. The van der Waals surface area contributed by atoms with Crippen LogP contribution in [0.25, 0.3) is 4.96 Å². The van der Waals surface area contributed by atoms with Gasteiger partial charge < -0.3 is 14.6 Å². The van der Waals surface area contributed by atoms with E-state index in [2.05, 4.69) is 40.2 Å². The van der Waals surface area contributed by atoms with Gasteiger partial charge in [-0.3, -0.25) is 4.40 Å². The Morgan fingerprint density at radius 2 is 2.38 bits per heavy atom. The Morgan fingerprint density at radius 1 is 1.48 bits per heavy atom. The van der Waals surface area contributed by atoms with Gasteiger partial charge in [0.05, 0.1) is 18.5 Å². The van der Waals surface area contributed by atoms with Gasteiger partial charge in [-0.05, 0) is 25.1 Å². The SMILES string of the molecule is CCCNCc1c(N(C)Cc2ccco2)nc2sccn12. The van der Waals surface area contributed by atoms with Gasteiger partial charge in [0.25, 0.3) is 0 Å². The lowest BCUT2D eigenvalue weighted by Crippen LogP contribution is -2.21. The number of nitrogens with one attached hydrogen (secondary N) is 1. The number of rotatable bonds is 7. The van der Waals surface area contributed by atoms with Crippen LogP contribution < -0.4 is 10.2 Å². The van der Waals surface area contributed by atoms with Gasteiger partial charge in [0.2, 0.25) is 0 Å². The fourth-order valence-electron chi connectivity index (χ4n) is 2.39. The predicted octanol–water partition coefficient (Wildman–Crippen LogP) is 3.12. The third-order valence-electron chi connectivity index (χ3n) is 3.39. The zero-order chi connectivity index (χ0) is 14.7. The van der Waals surface area contributed by atoms with Crippen LogP contribution in [0.2, 0.25) is 0 Å². The van der Waals surface area contributed by atoms with Gasteiger partial charge in [-0.1, -0.05) is 6.92 Å². The fourth-order valence-corrected chi connectivity index (χ4v) is 3.11. The van der Waals surface area contributed by atoms with Gasteiger partial charge in [0.15, 0.2) is 10.8 Å². The van der Waals surface area contributed by atoms with E-state index in [0.717, 1.165) is 42.6 Å². The summed E-state index contributed by atoms with van der Waals surface area (Å²) in [5, 5.41) is 5.54. The van der Waals surface area contributed by atoms with Crippen molar-refractivity contribution < 1.29 is 4.42 Å². The van der Waals surface area contributed by atoms with E-state index >= 15 is 0 Å². The Bertz CT molecular complexity index is 686. The predicted molar refractivity (Wildman–Crippen MR) is 85.9 cm³/mol. The molecule has 0 amide bonds. The van der Waals surface area contributed by atoms with E-state index < -0.39 is 0 Å². The number of furan rings is 1. The number of hydrogen-bond donors (Lipinski definition) is 1. The number of aromatic nitrogens is 2. The van der Waals surface area contributed by atoms with Crippen molar-refractivity contribution >= 4 is 22.1 Å². The Kier molecular flexibility index (Phi) is 4.26. The molecule has 3 aromatic rings. The molecule has 0 aliphatic rings. The molecule has 0 aliphatic heterocycles. The molecule has 21 heavy (non-hydrogen) atoms. The monoisotopic (exact) mass is 304 g/mol. The van der Waals surface area contributed by atoms with Crippen molar-refractivity contribution in [3.05, 3.63) is 41.4 Å². The first kappa shape index (κ1) is 14.2. The van der Waals surface area contributed by atoms with Crippen molar-refractivity contribution in [2.75, 3.05) is 18.5 Å². The fraction of sp³-hybridized carbons (Fsp3) is 0.400. The summed E-state index contributed by atoms with van der Waals surface area (Å²) in [6.07, 6.45) is 4.92. The second-order valence-electron chi connectivity index (χ2n) is 5.05. The van der Waals surface area contributed by atoms with E-state index in [9.17, 15) is 0 Å². The minimum Gasteiger partial charge on any atom is -0.467 e. The molecule has 0 aliphatic carbocycles. The van der Waals surface area contributed by atoms with Gasteiger partial charge in [-0.2, -0.15) is 0 Å². The smallest absolute Gasteiger partial charge is 0.195 e. The van der Waals surface area contributed by atoms with Crippen molar-refractivity contribution in [2.45, 2.75) is 26.4 Å². The second kappa shape index (κ2) is 6.32. The molecular weight excluding hydrogens is 284 g/mol. The molecule has 5 nitrogen and oxygen atoms in total. The maximum Gasteiger partial charge on any atom is 0.195 e. The highest BCUT2D eigenvalue weighted by atomic mass is 32.1. The number of imidazole rings is 1. The molecule has 0 aromatic carbocycles. The average molecular weight is 304 g/mol. The summed E-state index contributed by atoms with van der Waals surface area (Å²) < 4.78 is 7.60. The molecule has 112 valence electrons. The van der Waals surface area contributed by atoms with E-state index in [-0.39, 0.29) is 0 Å². The summed E-state index contributed by atoms with van der Waals surface area (Å²) in [5.74, 6) is 1.96. The van der Waals surface area contributed by atoms with Crippen LogP contribution in [0.4, 0.5) is 5.82 Å². The highest BCUT2D eigenvalue weighted by molar-refractivity contribution is 7.15. The van der Waals surface area contributed by atoms with Crippen molar-refractivity contribution in [3.8, 4) is 0 Å². The Hall–Kier alpha value is -1.79. The molecule has 0 saturated heterocycles. The van der Waals surface area contributed by atoms with Crippen LogP contribution >= 0.6 is 11.3 Å². The van der Waals surface area contributed by atoms with Crippen molar-refractivity contribution in [2.24, 2.45) is 0 Å². The molecule has 3 rings (SSSR count). The number of thiazole rings is 1. The Labute approximate surface area is 128 Å². The largest absolute Gasteiger partial charge is 0.467 e.